The van der Waals surface area contributed by atoms with Gasteiger partial charge in [-0.2, -0.15) is 5.26 Å². The molecule has 0 bridgehead atoms. The lowest BCUT2D eigenvalue weighted by Gasteiger charge is -2.23. The third-order valence-electron chi connectivity index (χ3n) is 6.01. The average Bonchev–Trinajstić information content (AvgIpc) is 3.28. The first-order valence-electron chi connectivity index (χ1n) is 9.27. The van der Waals surface area contributed by atoms with Crippen LogP contribution in [0.15, 0.2) is 53.4 Å². The quantitative estimate of drug-likeness (QED) is 0.855. The zero-order valence-corrected chi connectivity index (χ0v) is 15.9. The zero-order chi connectivity index (χ0) is 19.1. The third-order valence-corrected chi connectivity index (χ3v) is 6.98. The summed E-state index contributed by atoms with van der Waals surface area (Å²) in [4.78, 5) is 0.196. The summed E-state index contributed by atoms with van der Waals surface area (Å²) in [6, 6.07) is 16.8. The summed E-state index contributed by atoms with van der Waals surface area (Å²) in [6.07, 6.45) is 6.64. The molecule has 1 saturated carbocycles. The molecular formula is C22H22N2O2S. The minimum Gasteiger partial charge on any atom is -0.225 e. The van der Waals surface area contributed by atoms with Crippen LogP contribution >= 0.6 is 0 Å². The number of nitriles is 1. The van der Waals surface area contributed by atoms with E-state index in [1.165, 1.54) is 31.3 Å². The number of nitrogens with two attached hydrogens (primary N) is 1. The van der Waals surface area contributed by atoms with E-state index in [-0.39, 0.29) is 10.3 Å². The number of sulfonamides is 1. The van der Waals surface area contributed by atoms with Gasteiger partial charge in [0.15, 0.2) is 0 Å². The van der Waals surface area contributed by atoms with Crippen molar-refractivity contribution in [2.45, 2.75) is 43.4 Å². The van der Waals surface area contributed by atoms with Crippen LogP contribution in [-0.2, 0) is 10.0 Å². The first-order chi connectivity index (χ1) is 12.9. The fourth-order valence-electron chi connectivity index (χ4n) is 4.75. The Hall–Kier alpha value is -2.42. The van der Waals surface area contributed by atoms with Crippen LogP contribution in [0.5, 0.6) is 0 Å². The zero-order valence-electron chi connectivity index (χ0n) is 15.1. The Balaban J connectivity index is 1.89. The lowest BCUT2D eigenvalue weighted by molar-refractivity contribution is 0.329. The van der Waals surface area contributed by atoms with Gasteiger partial charge in [-0.3, -0.25) is 0 Å². The van der Waals surface area contributed by atoms with Gasteiger partial charge in [-0.1, -0.05) is 43.2 Å². The molecule has 0 radical (unpaired) electrons. The van der Waals surface area contributed by atoms with Crippen molar-refractivity contribution in [2.75, 3.05) is 0 Å². The van der Waals surface area contributed by atoms with Crippen LogP contribution in [-0.4, -0.2) is 8.42 Å². The predicted molar refractivity (Wildman–Crippen MR) is 106 cm³/mol. The highest BCUT2D eigenvalue weighted by molar-refractivity contribution is 7.89. The molecule has 138 valence electrons. The van der Waals surface area contributed by atoms with Gasteiger partial charge in [-0.25, -0.2) is 13.6 Å². The Bertz CT molecular complexity index is 1050. The minimum atomic E-state index is -3.80. The van der Waals surface area contributed by atoms with Crippen LogP contribution in [0.25, 0.3) is 11.1 Å². The van der Waals surface area contributed by atoms with Crippen molar-refractivity contribution in [1.82, 2.24) is 0 Å². The van der Waals surface area contributed by atoms with Crippen LogP contribution < -0.4 is 5.14 Å². The van der Waals surface area contributed by atoms with E-state index in [0.29, 0.717) is 5.56 Å². The summed E-state index contributed by atoms with van der Waals surface area (Å²) in [5.74, 6) is 0. The molecule has 0 amide bonds. The van der Waals surface area contributed by atoms with Crippen molar-refractivity contribution in [3.63, 3.8) is 0 Å². The fraction of sp³-hybridized carbons (Fsp3) is 0.318. The van der Waals surface area contributed by atoms with E-state index in [1.807, 2.05) is 36.4 Å². The van der Waals surface area contributed by atoms with E-state index in [2.05, 4.69) is 6.07 Å². The largest absolute Gasteiger partial charge is 0.238 e. The monoisotopic (exact) mass is 378 g/mol. The maximum absolute atomic E-state index is 12.2. The molecule has 0 unspecified atom stereocenters. The first kappa shape index (κ1) is 18.0. The van der Waals surface area contributed by atoms with Crippen molar-refractivity contribution in [3.8, 4) is 6.07 Å². The number of hydrogen-bond acceptors (Lipinski definition) is 3. The van der Waals surface area contributed by atoms with Gasteiger partial charge in [0, 0.05) is 0 Å². The van der Waals surface area contributed by atoms with E-state index in [0.717, 1.165) is 29.5 Å². The molecule has 0 aliphatic heterocycles. The molecule has 2 aliphatic rings. The second-order valence-electron chi connectivity index (χ2n) is 7.75. The van der Waals surface area contributed by atoms with Crippen molar-refractivity contribution in [3.05, 3.63) is 65.2 Å². The minimum absolute atomic E-state index is 0.196. The summed E-state index contributed by atoms with van der Waals surface area (Å²) in [7, 11) is -3.80. The summed E-state index contributed by atoms with van der Waals surface area (Å²) < 4.78 is 24.3. The molecule has 27 heavy (non-hydrogen) atoms. The molecule has 1 fully saturated rings. The number of primary sulfonamides is 1. The average molecular weight is 378 g/mol. The standard InChI is InChI=1S/C22H22N2O2S/c23-15-16-7-9-17(10-8-16)19-13-22(11-3-4-12-22)14-20(19)18-5-1-2-6-21(18)27(24,25)26/h1-2,5-10H,3-4,11-14H2,(H2,24,25,26). The molecule has 5 heteroatoms. The Labute approximate surface area is 160 Å². The van der Waals surface area contributed by atoms with Crippen LogP contribution in [0, 0.1) is 16.7 Å². The van der Waals surface area contributed by atoms with E-state index in [1.54, 1.807) is 12.1 Å². The molecule has 2 aliphatic carbocycles. The van der Waals surface area contributed by atoms with E-state index < -0.39 is 10.0 Å². The van der Waals surface area contributed by atoms with Crippen LogP contribution in [0.1, 0.15) is 55.2 Å². The summed E-state index contributed by atoms with van der Waals surface area (Å²) in [6.45, 7) is 0. The van der Waals surface area contributed by atoms with Gasteiger partial charge in [-0.05, 0) is 71.6 Å². The Morgan fingerprint density at radius 1 is 0.926 bits per heavy atom. The van der Waals surface area contributed by atoms with Gasteiger partial charge in [0.2, 0.25) is 10.0 Å². The molecule has 4 rings (SSSR count). The second kappa shape index (κ2) is 6.63. The highest BCUT2D eigenvalue weighted by Crippen LogP contribution is 2.58. The molecule has 2 aromatic carbocycles. The lowest BCUT2D eigenvalue weighted by Crippen LogP contribution is -2.15. The van der Waals surface area contributed by atoms with Crippen molar-refractivity contribution >= 4 is 21.2 Å². The van der Waals surface area contributed by atoms with Crippen LogP contribution in [0.2, 0.25) is 0 Å². The topological polar surface area (TPSA) is 83.9 Å². The SMILES string of the molecule is N#Cc1ccc(C2=C(c3ccccc3S(N)(=O)=O)CC3(CCCC3)C2)cc1. The number of rotatable bonds is 3. The number of benzene rings is 2. The molecule has 0 saturated heterocycles. The van der Waals surface area contributed by atoms with Gasteiger partial charge in [0.05, 0.1) is 16.5 Å². The molecule has 0 aromatic heterocycles. The maximum atomic E-state index is 12.2. The fourth-order valence-corrected chi connectivity index (χ4v) is 5.51. The van der Waals surface area contributed by atoms with Gasteiger partial charge in [0.1, 0.15) is 0 Å². The number of nitrogens with zero attached hydrogens (tertiary/aromatic N) is 1. The van der Waals surface area contributed by atoms with E-state index >= 15 is 0 Å². The number of allylic oxidation sites excluding steroid dienone is 2. The lowest BCUT2D eigenvalue weighted by atomic mass is 9.81. The predicted octanol–water partition coefficient (Wildman–Crippen LogP) is 4.47. The highest BCUT2D eigenvalue weighted by Gasteiger charge is 2.42. The van der Waals surface area contributed by atoms with E-state index in [9.17, 15) is 8.42 Å². The molecule has 4 nitrogen and oxygen atoms in total. The molecular weight excluding hydrogens is 356 g/mol. The van der Waals surface area contributed by atoms with Crippen molar-refractivity contribution in [2.24, 2.45) is 10.6 Å². The van der Waals surface area contributed by atoms with Crippen molar-refractivity contribution in [1.29, 1.82) is 5.26 Å². The molecule has 0 atom stereocenters. The molecule has 2 N–H and O–H groups in total. The summed E-state index contributed by atoms with van der Waals surface area (Å²) in [5.41, 5.74) is 4.92. The molecule has 1 spiro atoms. The third kappa shape index (κ3) is 3.31. The second-order valence-corrected chi connectivity index (χ2v) is 9.28. The van der Waals surface area contributed by atoms with Gasteiger partial charge in [0.25, 0.3) is 0 Å². The molecule has 0 heterocycles. The van der Waals surface area contributed by atoms with Crippen LogP contribution in [0.3, 0.4) is 0 Å². The Morgan fingerprint density at radius 3 is 2.19 bits per heavy atom. The van der Waals surface area contributed by atoms with Gasteiger partial charge < -0.3 is 0 Å². The van der Waals surface area contributed by atoms with Crippen molar-refractivity contribution < 1.29 is 8.42 Å². The normalized spacial score (nSPS) is 18.8. The smallest absolute Gasteiger partial charge is 0.225 e. The molecule has 2 aromatic rings. The van der Waals surface area contributed by atoms with Gasteiger partial charge >= 0.3 is 0 Å². The highest BCUT2D eigenvalue weighted by atomic mass is 32.2. The van der Waals surface area contributed by atoms with E-state index in [4.69, 9.17) is 10.4 Å². The summed E-state index contributed by atoms with van der Waals surface area (Å²) in [5, 5.41) is 14.6. The van der Waals surface area contributed by atoms with Crippen LogP contribution in [0.4, 0.5) is 0 Å². The first-order valence-corrected chi connectivity index (χ1v) is 10.8. The Morgan fingerprint density at radius 2 is 1.56 bits per heavy atom. The maximum Gasteiger partial charge on any atom is 0.238 e. The Kier molecular flexibility index (Phi) is 4.41. The van der Waals surface area contributed by atoms with Gasteiger partial charge in [-0.15, -0.1) is 0 Å². The summed E-state index contributed by atoms with van der Waals surface area (Å²) >= 11 is 0. The number of hydrogen-bond donors (Lipinski definition) is 1.